The molecule has 11 heavy (non-hydrogen) atoms. The Morgan fingerprint density at radius 2 is 2.18 bits per heavy atom. The van der Waals surface area contributed by atoms with Crippen LogP contribution in [-0.2, 0) is 0 Å². The lowest BCUT2D eigenvalue weighted by Gasteiger charge is -2.04. The fourth-order valence-electron chi connectivity index (χ4n) is 1.04. The molecule has 0 atom stereocenters. The summed E-state index contributed by atoms with van der Waals surface area (Å²) in [5.74, 6) is -0.308. The summed E-state index contributed by atoms with van der Waals surface area (Å²) in [5, 5.41) is 0. The lowest BCUT2D eigenvalue weighted by molar-refractivity contribution is 0.622. The van der Waals surface area contributed by atoms with Crippen LogP contribution in [0.15, 0.2) is 24.8 Å². The Morgan fingerprint density at radius 1 is 1.55 bits per heavy atom. The van der Waals surface area contributed by atoms with Crippen molar-refractivity contribution < 1.29 is 4.39 Å². The zero-order chi connectivity index (χ0) is 8.43. The average molecular weight is 151 g/mol. The molecule has 2 N–H and O–H groups in total. The van der Waals surface area contributed by atoms with Crippen molar-refractivity contribution in [2.45, 2.75) is 6.92 Å². The molecular formula is C9H10FN. The Bertz CT molecular complexity index is 271. The van der Waals surface area contributed by atoms with Crippen molar-refractivity contribution in [1.82, 2.24) is 0 Å². The molecule has 0 amide bonds. The Labute approximate surface area is 65.3 Å². The molecule has 1 rings (SSSR count). The number of hydrogen-bond donors (Lipinski definition) is 1. The summed E-state index contributed by atoms with van der Waals surface area (Å²) in [4.78, 5) is 0. The summed E-state index contributed by atoms with van der Waals surface area (Å²) in [6.07, 6.45) is 0. The second-order valence-electron chi connectivity index (χ2n) is 2.46. The fourth-order valence-corrected chi connectivity index (χ4v) is 1.04. The van der Waals surface area contributed by atoms with E-state index in [9.17, 15) is 4.39 Å². The van der Waals surface area contributed by atoms with Gasteiger partial charge >= 0.3 is 0 Å². The second kappa shape index (κ2) is 2.74. The molecule has 0 saturated carbocycles. The van der Waals surface area contributed by atoms with Gasteiger partial charge in [0.2, 0.25) is 0 Å². The van der Waals surface area contributed by atoms with Crippen LogP contribution in [0.4, 0.5) is 4.39 Å². The summed E-state index contributed by atoms with van der Waals surface area (Å²) in [7, 11) is 0. The van der Waals surface area contributed by atoms with E-state index in [4.69, 9.17) is 5.73 Å². The molecule has 0 fully saturated rings. The van der Waals surface area contributed by atoms with Crippen molar-refractivity contribution >= 4 is 5.70 Å². The highest BCUT2D eigenvalue weighted by molar-refractivity contribution is 5.63. The molecule has 0 bridgehead atoms. The van der Waals surface area contributed by atoms with Gasteiger partial charge in [0, 0.05) is 11.3 Å². The minimum Gasteiger partial charge on any atom is -0.399 e. The average Bonchev–Trinajstić information content (AvgIpc) is 1.85. The SMILES string of the molecule is C=C(N)c1c(C)cccc1F. The van der Waals surface area contributed by atoms with Gasteiger partial charge in [-0.15, -0.1) is 0 Å². The second-order valence-corrected chi connectivity index (χ2v) is 2.46. The third-order valence-corrected chi connectivity index (χ3v) is 1.54. The van der Waals surface area contributed by atoms with Gasteiger partial charge in [-0.1, -0.05) is 18.7 Å². The summed E-state index contributed by atoms with van der Waals surface area (Å²) < 4.78 is 13.0. The fraction of sp³-hybridized carbons (Fsp3) is 0.111. The third kappa shape index (κ3) is 1.40. The maximum atomic E-state index is 13.0. The lowest BCUT2D eigenvalue weighted by atomic mass is 10.1. The van der Waals surface area contributed by atoms with Gasteiger partial charge in [0.05, 0.1) is 0 Å². The maximum absolute atomic E-state index is 13.0. The van der Waals surface area contributed by atoms with Crippen LogP contribution in [0.25, 0.3) is 5.70 Å². The Morgan fingerprint density at radius 3 is 2.55 bits per heavy atom. The predicted molar refractivity (Wildman–Crippen MR) is 44.4 cm³/mol. The highest BCUT2D eigenvalue weighted by Gasteiger charge is 2.04. The zero-order valence-corrected chi connectivity index (χ0v) is 6.39. The van der Waals surface area contributed by atoms with Crippen LogP contribution >= 0.6 is 0 Å². The molecule has 0 aliphatic heterocycles. The smallest absolute Gasteiger partial charge is 0.132 e. The number of aryl methyl sites for hydroxylation is 1. The molecule has 0 radical (unpaired) electrons. The van der Waals surface area contributed by atoms with Crippen molar-refractivity contribution in [3.8, 4) is 0 Å². The van der Waals surface area contributed by atoms with Crippen LogP contribution in [0.3, 0.4) is 0 Å². The molecule has 0 saturated heterocycles. The first-order valence-electron chi connectivity index (χ1n) is 3.33. The lowest BCUT2D eigenvalue weighted by Crippen LogP contribution is -1.99. The van der Waals surface area contributed by atoms with Crippen LogP contribution in [0.5, 0.6) is 0 Å². The standard InChI is InChI=1S/C9H10FN/c1-6-4-3-5-8(10)9(6)7(2)11/h3-5H,2,11H2,1H3. The van der Waals surface area contributed by atoms with E-state index >= 15 is 0 Å². The molecule has 0 heterocycles. The van der Waals surface area contributed by atoms with E-state index in [2.05, 4.69) is 6.58 Å². The quantitative estimate of drug-likeness (QED) is 0.653. The van der Waals surface area contributed by atoms with Crippen molar-refractivity contribution in [3.05, 3.63) is 41.7 Å². The van der Waals surface area contributed by atoms with Crippen LogP contribution in [0.2, 0.25) is 0 Å². The Kier molecular flexibility index (Phi) is 1.94. The number of hydrogen-bond acceptors (Lipinski definition) is 1. The molecule has 58 valence electrons. The summed E-state index contributed by atoms with van der Waals surface area (Å²) in [5.41, 5.74) is 6.90. The van der Waals surface area contributed by atoms with Crippen LogP contribution in [0, 0.1) is 12.7 Å². The van der Waals surface area contributed by atoms with Crippen molar-refractivity contribution in [2.75, 3.05) is 0 Å². The summed E-state index contributed by atoms with van der Waals surface area (Å²) in [6, 6.07) is 4.83. The van der Waals surface area contributed by atoms with Crippen molar-refractivity contribution in [1.29, 1.82) is 0 Å². The molecule has 1 aromatic carbocycles. The first-order chi connectivity index (χ1) is 5.13. The van der Waals surface area contributed by atoms with Gasteiger partial charge in [-0.25, -0.2) is 4.39 Å². The van der Waals surface area contributed by atoms with E-state index in [0.717, 1.165) is 5.56 Å². The molecule has 0 spiro atoms. The van der Waals surface area contributed by atoms with Gasteiger partial charge in [0.15, 0.2) is 0 Å². The van der Waals surface area contributed by atoms with Crippen LogP contribution in [0.1, 0.15) is 11.1 Å². The van der Waals surface area contributed by atoms with Gasteiger partial charge in [0.1, 0.15) is 5.82 Å². The molecule has 2 heteroatoms. The van der Waals surface area contributed by atoms with Crippen LogP contribution in [-0.4, -0.2) is 0 Å². The van der Waals surface area contributed by atoms with E-state index in [0.29, 0.717) is 5.56 Å². The highest BCUT2D eigenvalue weighted by atomic mass is 19.1. The molecular weight excluding hydrogens is 141 g/mol. The van der Waals surface area contributed by atoms with Crippen molar-refractivity contribution in [2.24, 2.45) is 5.73 Å². The summed E-state index contributed by atoms with van der Waals surface area (Å²) >= 11 is 0. The van der Waals surface area contributed by atoms with Crippen molar-refractivity contribution in [3.63, 3.8) is 0 Å². The largest absolute Gasteiger partial charge is 0.399 e. The normalized spacial score (nSPS) is 9.64. The number of rotatable bonds is 1. The summed E-state index contributed by atoms with van der Waals surface area (Å²) in [6.45, 7) is 5.29. The van der Waals surface area contributed by atoms with Gasteiger partial charge in [-0.2, -0.15) is 0 Å². The Hall–Kier alpha value is -1.31. The first-order valence-corrected chi connectivity index (χ1v) is 3.33. The van der Waals surface area contributed by atoms with E-state index in [-0.39, 0.29) is 11.5 Å². The van der Waals surface area contributed by atoms with Gasteiger partial charge < -0.3 is 5.73 Å². The number of halogens is 1. The Balaban J connectivity index is 3.32. The predicted octanol–water partition coefficient (Wildman–Crippen LogP) is 2.06. The van der Waals surface area contributed by atoms with Gasteiger partial charge in [0.25, 0.3) is 0 Å². The van der Waals surface area contributed by atoms with Gasteiger partial charge in [-0.3, -0.25) is 0 Å². The topological polar surface area (TPSA) is 26.0 Å². The minimum atomic E-state index is -0.308. The number of nitrogens with two attached hydrogens (primary N) is 1. The highest BCUT2D eigenvalue weighted by Crippen LogP contribution is 2.16. The monoisotopic (exact) mass is 151 g/mol. The minimum absolute atomic E-state index is 0.278. The van der Waals surface area contributed by atoms with E-state index < -0.39 is 0 Å². The molecule has 1 nitrogen and oxygen atoms in total. The van der Waals surface area contributed by atoms with E-state index in [1.807, 2.05) is 0 Å². The third-order valence-electron chi connectivity index (χ3n) is 1.54. The molecule has 0 aliphatic carbocycles. The molecule has 0 unspecified atom stereocenters. The number of benzene rings is 1. The van der Waals surface area contributed by atoms with Gasteiger partial charge in [-0.05, 0) is 18.6 Å². The molecule has 1 aromatic rings. The van der Waals surface area contributed by atoms with Crippen LogP contribution < -0.4 is 5.73 Å². The first kappa shape index (κ1) is 7.79. The van der Waals surface area contributed by atoms with E-state index in [1.54, 1.807) is 19.1 Å². The molecule has 0 aromatic heterocycles. The van der Waals surface area contributed by atoms with E-state index in [1.165, 1.54) is 6.07 Å². The maximum Gasteiger partial charge on any atom is 0.132 e. The zero-order valence-electron chi connectivity index (χ0n) is 6.39. The molecule has 0 aliphatic rings.